The van der Waals surface area contributed by atoms with Crippen LogP contribution < -0.4 is 15.0 Å². The first-order chi connectivity index (χ1) is 16.9. The first-order valence-corrected chi connectivity index (χ1v) is 14.2. The predicted octanol–water partition coefficient (Wildman–Crippen LogP) is 3.42. The molecule has 0 bridgehead atoms. The van der Waals surface area contributed by atoms with Crippen LogP contribution in [-0.2, 0) is 16.4 Å². The van der Waals surface area contributed by atoms with Crippen molar-refractivity contribution < 1.29 is 26.7 Å². The van der Waals surface area contributed by atoms with Gasteiger partial charge in [0.05, 0.1) is 41.7 Å². The zero-order valence-electron chi connectivity index (χ0n) is 20.4. The van der Waals surface area contributed by atoms with Crippen LogP contribution in [0.5, 0.6) is 5.75 Å². The summed E-state index contributed by atoms with van der Waals surface area (Å²) in [7, 11) is -1.59. The van der Waals surface area contributed by atoms with Gasteiger partial charge in [-0.3, -0.25) is 9.48 Å². The van der Waals surface area contributed by atoms with Crippen LogP contribution in [0.2, 0.25) is 5.02 Å². The number of hydrogen-bond donors (Lipinski definition) is 1. The minimum Gasteiger partial charge on any atom is -0.496 e. The SMILES string of the molecule is CCn1nc(C(=O)NC[C@H]2CC[C@H](S(C)(=O)=O)CC2)c(Cl)c1-c1cnc(N2CC(F)(F)C2)cc1OC. The zero-order valence-corrected chi connectivity index (χ0v) is 22.0. The molecule has 2 aromatic heterocycles. The van der Waals surface area contributed by atoms with E-state index in [0.717, 1.165) is 12.8 Å². The van der Waals surface area contributed by atoms with E-state index in [1.807, 2.05) is 6.92 Å². The van der Waals surface area contributed by atoms with Gasteiger partial charge in [0.2, 0.25) is 0 Å². The molecule has 0 aromatic carbocycles. The van der Waals surface area contributed by atoms with Crippen molar-refractivity contribution in [3.63, 3.8) is 0 Å². The number of alkyl halides is 2. The van der Waals surface area contributed by atoms with E-state index in [2.05, 4.69) is 15.4 Å². The predicted molar refractivity (Wildman–Crippen MR) is 133 cm³/mol. The number of methoxy groups -OCH3 is 1. The number of carbonyl (C=O) groups excluding carboxylic acids is 1. The van der Waals surface area contributed by atoms with Gasteiger partial charge < -0.3 is 15.0 Å². The van der Waals surface area contributed by atoms with Crippen LogP contribution in [0.25, 0.3) is 11.3 Å². The number of carbonyl (C=O) groups is 1. The van der Waals surface area contributed by atoms with Crippen LogP contribution >= 0.6 is 11.6 Å². The molecule has 4 rings (SSSR count). The van der Waals surface area contributed by atoms with Gasteiger partial charge in [0, 0.05) is 31.6 Å². The molecule has 2 aliphatic rings. The van der Waals surface area contributed by atoms with Gasteiger partial charge in [0.1, 0.15) is 21.4 Å². The minimum atomic E-state index is -3.05. The average molecular weight is 546 g/mol. The lowest BCUT2D eigenvalue weighted by Gasteiger charge is -2.39. The molecule has 1 amide bonds. The molecule has 1 saturated heterocycles. The molecule has 9 nitrogen and oxygen atoms in total. The monoisotopic (exact) mass is 545 g/mol. The molecule has 1 aliphatic carbocycles. The Balaban J connectivity index is 1.49. The van der Waals surface area contributed by atoms with Gasteiger partial charge in [-0.05, 0) is 38.5 Å². The third kappa shape index (κ3) is 5.44. The van der Waals surface area contributed by atoms with E-state index in [4.69, 9.17) is 16.3 Å². The number of rotatable bonds is 8. The van der Waals surface area contributed by atoms with E-state index in [-0.39, 0.29) is 21.9 Å². The summed E-state index contributed by atoms with van der Waals surface area (Å²) in [5.74, 6) is -2.23. The van der Waals surface area contributed by atoms with Gasteiger partial charge in [-0.1, -0.05) is 11.6 Å². The van der Waals surface area contributed by atoms with Crippen molar-refractivity contribution >= 4 is 33.2 Å². The standard InChI is InChI=1S/C23H30ClF2N5O4S/c1-4-31-21(16-11-27-18(9-17(16)35-2)30-12-23(25,26)13-30)19(24)20(29-31)22(32)28-10-14-5-7-15(8-6-14)36(3,33)34/h9,11,14-15H,4-8,10,12-13H2,1-3H3,(H,28,32)/t14-,15-. The Morgan fingerprint density at radius 2 is 1.94 bits per heavy atom. The van der Waals surface area contributed by atoms with Gasteiger partial charge in [-0.25, -0.2) is 22.2 Å². The third-order valence-corrected chi connectivity index (χ3v) is 8.90. The topological polar surface area (TPSA) is 106 Å². The van der Waals surface area contributed by atoms with E-state index in [1.165, 1.54) is 24.5 Å². The van der Waals surface area contributed by atoms with Gasteiger partial charge in [0.15, 0.2) is 5.69 Å². The highest BCUT2D eigenvalue weighted by Gasteiger charge is 2.44. The van der Waals surface area contributed by atoms with E-state index < -0.39 is 34.8 Å². The normalized spacial score (nSPS) is 21.7. The first kappa shape index (κ1) is 26.6. The number of amides is 1. The molecular formula is C23H30ClF2N5O4S. The first-order valence-electron chi connectivity index (χ1n) is 11.8. The molecule has 2 fully saturated rings. The quantitative estimate of drug-likeness (QED) is 0.541. The molecule has 0 radical (unpaired) electrons. The molecule has 36 heavy (non-hydrogen) atoms. The van der Waals surface area contributed by atoms with Gasteiger partial charge in [-0.15, -0.1) is 0 Å². The Morgan fingerprint density at radius 3 is 2.50 bits per heavy atom. The smallest absolute Gasteiger partial charge is 0.282 e. The summed E-state index contributed by atoms with van der Waals surface area (Å²) in [5, 5.41) is 7.10. The van der Waals surface area contributed by atoms with Crippen molar-refractivity contribution in [3.8, 4) is 17.0 Å². The maximum absolute atomic E-state index is 13.3. The average Bonchev–Trinajstić information content (AvgIpc) is 3.16. The van der Waals surface area contributed by atoms with Crippen molar-refractivity contribution in [3.05, 3.63) is 23.0 Å². The summed E-state index contributed by atoms with van der Waals surface area (Å²) in [6.07, 6.45) is 5.38. The second-order valence-electron chi connectivity index (χ2n) is 9.46. The molecule has 13 heteroatoms. The Morgan fingerprint density at radius 1 is 1.28 bits per heavy atom. The summed E-state index contributed by atoms with van der Waals surface area (Å²) in [5.41, 5.74) is 1.00. The zero-order chi connectivity index (χ0) is 26.3. The van der Waals surface area contributed by atoms with Crippen LogP contribution in [0, 0.1) is 5.92 Å². The summed E-state index contributed by atoms with van der Waals surface area (Å²) in [6, 6.07) is 1.57. The third-order valence-electron chi connectivity index (χ3n) is 6.85. The number of aryl methyl sites for hydroxylation is 1. The van der Waals surface area contributed by atoms with E-state index in [1.54, 1.807) is 10.7 Å². The second kappa shape index (κ2) is 10.1. The van der Waals surface area contributed by atoms with Crippen molar-refractivity contribution in [2.45, 2.75) is 50.3 Å². The van der Waals surface area contributed by atoms with Gasteiger partial charge in [0.25, 0.3) is 11.8 Å². The Labute approximate surface area is 214 Å². The number of pyridine rings is 1. The number of nitrogens with zero attached hydrogens (tertiary/aromatic N) is 4. The fourth-order valence-electron chi connectivity index (χ4n) is 4.78. The number of anilines is 1. The lowest BCUT2D eigenvalue weighted by Crippen LogP contribution is -2.56. The van der Waals surface area contributed by atoms with Crippen molar-refractivity contribution in [1.29, 1.82) is 0 Å². The van der Waals surface area contributed by atoms with Crippen molar-refractivity contribution in [2.24, 2.45) is 5.92 Å². The number of aromatic nitrogens is 3. The molecule has 3 heterocycles. The molecular weight excluding hydrogens is 516 g/mol. The maximum atomic E-state index is 13.3. The number of hydrogen-bond acceptors (Lipinski definition) is 7. The molecule has 1 N–H and O–H groups in total. The fourth-order valence-corrected chi connectivity index (χ4v) is 6.23. The van der Waals surface area contributed by atoms with Crippen molar-refractivity contribution in [2.75, 3.05) is 37.9 Å². The number of sulfone groups is 1. The molecule has 0 spiro atoms. The van der Waals surface area contributed by atoms with E-state index >= 15 is 0 Å². The van der Waals surface area contributed by atoms with Crippen LogP contribution in [0.4, 0.5) is 14.6 Å². The van der Waals surface area contributed by atoms with Crippen LogP contribution in [-0.4, -0.2) is 73.3 Å². The summed E-state index contributed by atoms with van der Waals surface area (Å²) < 4.78 is 57.2. The number of halogens is 3. The molecule has 198 valence electrons. The van der Waals surface area contributed by atoms with Gasteiger partial charge in [-0.2, -0.15) is 5.10 Å². The molecule has 0 unspecified atom stereocenters. The molecule has 0 atom stereocenters. The highest BCUT2D eigenvalue weighted by molar-refractivity contribution is 7.91. The number of ether oxygens (including phenoxy) is 1. The molecule has 1 aliphatic heterocycles. The largest absolute Gasteiger partial charge is 0.496 e. The second-order valence-corrected chi connectivity index (χ2v) is 12.2. The summed E-state index contributed by atoms with van der Waals surface area (Å²) in [6.45, 7) is 1.86. The molecule has 2 aromatic rings. The fraction of sp³-hybridized carbons (Fsp3) is 0.609. The highest BCUT2D eigenvalue weighted by Crippen LogP contribution is 2.39. The number of nitrogens with one attached hydrogen (secondary N) is 1. The Hall–Kier alpha value is -2.47. The summed E-state index contributed by atoms with van der Waals surface area (Å²) >= 11 is 6.63. The minimum absolute atomic E-state index is 0.0619. The van der Waals surface area contributed by atoms with Crippen LogP contribution in [0.1, 0.15) is 43.1 Å². The summed E-state index contributed by atoms with van der Waals surface area (Å²) in [4.78, 5) is 18.7. The lowest BCUT2D eigenvalue weighted by molar-refractivity contribution is -0.0267. The van der Waals surface area contributed by atoms with E-state index in [9.17, 15) is 22.0 Å². The highest BCUT2D eigenvalue weighted by atomic mass is 35.5. The lowest BCUT2D eigenvalue weighted by atomic mass is 9.89. The van der Waals surface area contributed by atoms with Crippen LogP contribution in [0.15, 0.2) is 12.3 Å². The van der Waals surface area contributed by atoms with Crippen LogP contribution in [0.3, 0.4) is 0 Å². The van der Waals surface area contributed by atoms with Gasteiger partial charge >= 0.3 is 0 Å². The van der Waals surface area contributed by atoms with E-state index in [0.29, 0.717) is 48.8 Å². The molecule has 1 saturated carbocycles. The Kier molecular flexibility index (Phi) is 7.47. The Bertz CT molecular complexity index is 1240. The maximum Gasteiger partial charge on any atom is 0.282 e. The van der Waals surface area contributed by atoms with Crippen molar-refractivity contribution in [1.82, 2.24) is 20.1 Å².